The van der Waals surface area contributed by atoms with E-state index in [0.717, 1.165) is 30.4 Å². The Bertz CT molecular complexity index is 534. The second kappa shape index (κ2) is 11.9. The van der Waals surface area contributed by atoms with Crippen molar-refractivity contribution in [1.29, 1.82) is 0 Å². The second-order valence-electron chi connectivity index (χ2n) is 5.64. The standard InChI is InChI=1S/C18H29BrN4O/c1-4-14(10-15-8-7-9-16(19)11-15)12-22-18(21-6-3)23-13-17(24)20-5-2/h7-9,11,14H,4-6,10,12-13H2,1-3H3,(H,20,24)(H2,21,22,23). The molecule has 0 aliphatic heterocycles. The highest BCUT2D eigenvalue weighted by atomic mass is 79.9. The van der Waals surface area contributed by atoms with E-state index in [1.165, 1.54) is 5.56 Å². The first-order valence-corrected chi connectivity index (χ1v) is 9.41. The number of nitrogens with one attached hydrogen (secondary N) is 3. The summed E-state index contributed by atoms with van der Waals surface area (Å²) >= 11 is 3.52. The van der Waals surface area contributed by atoms with Crippen LogP contribution in [0.15, 0.2) is 33.7 Å². The third-order valence-electron chi connectivity index (χ3n) is 3.65. The molecule has 1 unspecified atom stereocenters. The summed E-state index contributed by atoms with van der Waals surface area (Å²) in [5.41, 5.74) is 1.32. The summed E-state index contributed by atoms with van der Waals surface area (Å²) in [6.07, 6.45) is 2.09. The average Bonchev–Trinajstić information content (AvgIpc) is 2.56. The molecule has 1 amide bonds. The lowest BCUT2D eigenvalue weighted by Crippen LogP contribution is -2.41. The van der Waals surface area contributed by atoms with E-state index < -0.39 is 0 Å². The van der Waals surface area contributed by atoms with Gasteiger partial charge in [-0.1, -0.05) is 41.4 Å². The van der Waals surface area contributed by atoms with E-state index in [4.69, 9.17) is 0 Å². The monoisotopic (exact) mass is 396 g/mol. The molecule has 0 fully saturated rings. The first-order valence-electron chi connectivity index (χ1n) is 8.62. The van der Waals surface area contributed by atoms with Gasteiger partial charge in [-0.15, -0.1) is 0 Å². The van der Waals surface area contributed by atoms with Crippen LogP contribution in [-0.4, -0.2) is 38.0 Å². The number of benzene rings is 1. The molecular formula is C18H29BrN4O. The third kappa shape index (κ3) is 8.34. The molecule has 1 aromatic carbocycles. The van der Waals surface area contributed by atoms with E-state index in [0.29, 0.717) is 18.4 Å². The Balaban J connectivity index is 2.56. The molecule has 5 nitrogen and oxygen atoms in total. The van der Waals surface area contributed by atoms with Crippen LogP contribution in [0.1, 0.15) is 32.8 Å². The summed E-state index contributed by atoms with van der Waals surface area (Å²) in [6.45, 7) is 8.48. The second-order valence-corrected chi connectivity index (χ2v) is 6.55. The van der Waals surface area contributed by atoms with Crippen molar-refractivity contribution in [3.63, 3.8) is 0 Å². The number of amides is 1. The lowest BCUT2D eigenvalue weighted by Gasteiger charge is -2.18. The fourth-order valence-electron chi connectivity index (χ4n) is 2.34. The molecule has 134 valence electrons. The van der Waals surface area contributed by atoms with Gasteiger partial charge >= 0.3 is 0 Å². The zero-order valence-corrected chi connectivity index (χ0v) is 16.4. The summed E-state index contributed by atoms with van der Waals surface area (Å²) in [5, 5.41) is 9.29. The zero-order valence-electron chi connectivity index (χ0n) is 14.9. The fraction of sp³-hybridized carbons (Fsp3) is 0.556. The quantitative estimate of drug-likeness (QED) is 0.444. The van der Waals surface area contributed by atoms with E-state index in [-0.39, 0.29) is 12.5 Å². The van der Waals surface area contributed by atoms with Crippen LogP contribution < -0.4 is 16.0 Å². The van der Waals surface area contributed by atoms with Gasteiger partial charge in [0.2, 0.25) is 5.91 Å². The van der Waals surface area contributed by atoms with Crippen molar-refractivity contribution in [2.24, 2.45) is 10.9 Å². The molecule has 0 aliphatic carbocycles. The number of likely N-dealkylation sites (N-methyl/N-ethyl adjacent to an activating group) is 1. The predicted octanol–water partition coefficient (Wildman–Crippen LogP) is 2.71. The summed E-state index contributed by atoms with van der Waals surface area (Å²) in [6, 6.07) is 8.43. The molecule has 1 atom stereocenters. The Morgan fingerprint density at radius 3 is 2.54 bits per heavy atom. The summed E-state index contributed by atoms with van der Waals surface area (Å²) in [7, 11) is 0. The molecule has 3 N–H and O–H groups in total. The largest absolute Gasteiger partial charge is 0.357 e. The first kappa shape index (κ1) is 20.5. The van der Waals surface area contributed by atoms with Gasteiger partial charge in [0.1, 0.15) is 6.54 Å². The van der Waals surface area contributed by atoms with Crippen molar-refractivity contribution in [2.75, 3.05) is 26.2 Å². The first-order chi connectivity index (χ1) is 11.6. The summed E-state index contributed by atoms with van der Waals surface area (Å²) in [4.78, 5) is 15.9. The number of hydrogen-bond acceptors (Lipinski definition) is 2. The SMILES string of the molecule is CCNC(=O)CN=C(NCC)NCC(CC)Cc1cccc(Br)c1. The number of aliphatic imine (C=N–C) groups is 1. The number of rotatable bonds is 9. The molecule has 0 bridgehead atoms. The maximum atomic E-state index is 11.5. The third-order valence-corrected chi connectivity index (χ3v) is 4.14. The van der Waals surface area contributed by atoms with Gasteiger partial charge in [0.15, 0.2) is 5.96 Å². The van der Waals surface area contributed by atoms with E-state index in [1.54, 1.807) is 0 Å². The molecule has 0 spiro atoms. The van der Waals surface area contributed by atoms with E-state index in [9.17, 15) is 4.79 Å². The van der Waals surface area contributed by atoms with Gasteiger partial charge in [0.05, 0.1) is 0 Å². The van der Waals surface area contributed by atoms with Crippen molar-refractivity contribution < 1.29 is 4.79 Å². The van der Waals surface area contributed by atoms with Crippen LogP contribution in [0.5, 0.6) is 0 Å². The van der Waals surface area contributed by atoms with Crippen LogP contribution in [0.2, 0.25) is 0 Å². The maximum absolute atomic E-state index is 11.5. The smallest absolute Gasteiger partial charge is 0.241 e. The van der Waals surface area contributed by atoms with Gasteiger partial charge in [0.25, 0.3) is 0 Å². The highest BCUT2D eigenvalue weighted by Gasteiger charge is 2.09. The van der Waals surface area contributed by atoms with E-state index in [1.807, 2.05) is 19.9 Å². The lowest BCUT2D eigenvalue weighted by molar-refractivity contribution is -0.119. The summed E-state index contributed by atoms with van der Waals surface area (Å²) < 4.78 is 1.11. The predicted molar refractivity (Wildman–Crippen MR) is 104 cm³/mol. The van der Waals surface area contributed by atoms with Gasteiger partial charge in [-0.3, -0.25) is 4.79 Å². The molecule has 1 rings (SSSR count). The van der Waals surface area contributed by atoms with Crippen LogP contribution in [0, 0.1) is 5.92 Å². The van der Waals surface area contributed by atoms with Crippen LogP contribution >= 0.6 is 15.9 Å². The van der Waals surface area contributed by atoms with Crippen molar-refractivity contribution in [3.05, 3.63) is 34.3 Å². The number of nitrogens with zero attached hydrogens (tertiary/aromatic N) is 1. The highest BCUT2D eigenvalue weighted by Crippen LogP contribution is 2.16. The Hall–Kier alpha value is -1.56. The molecule has 24 heavy (non-hydrogen) atoms. The molecule has 6 heteroatoms. The van der Waals surface area contributed by atoms with Crippen molar-refractivity contribution in [1.82, 2.24) is 16.0 Å². The molecule has 0 radical (unpaired) electrons. The van der Waals surface area contributed by atoms with Crippen LogP contribution in [-0.2, 0) is 11.2 Å². The van der Waals surface area contributed by atoms with Gasteiger partial charge in [-0.05, 0) is 43.9 Å². The number of carbonyl (C=O) groups excluding carboxylic acids is 1. The lowest BCUT2D eigenvalue weighted by atomic mass is 9.97. The average molecular weight is 397 g/mol. The van der Waals surface area contributed by atoms with Crippen molar-refractivity contribution in [3.8, 4) is 0 Å². The fourth-order valence-corrected chi connectivity index (χ4v) is 2.79. The minimum absolute atomic E-state index is 0.0594. The zero-order chi connectivity index (χ0) is 17.8. The van der Waals surface area contributed by atoms with Crippen LogP contribution in [0.25, 0.3) is 0 Å². The van der Waals surface area contributed by atoms with Gasteiger partial charge in [-0.2, -0.15) is 0 Å². The molecule has 0 saturated carbocycles. The molecule has 0 saturated heterocycles. The molecule has 0 aromatic heterocycles. The van der Waals surface area contributed by atoms with Crippen LogP contribution in [0.4, 0.5) is 0 Å². The topological polar surface area (TPSA) is 65.5 Å². The molecule has 0 heterocycles. The molecular weight excluding hydrogens is 368 g/mol. The number of halogens is 1. The number of guanidine groups is 1. The Kier molecular flexibility index (Phi) is 10.2. The summed E-state index contributed by atoms with van der Waals surface area (Å²) in [5.74, 6) is 1.14. The minimum atomic E-state index is -0.0594. The van der Waals surface area contributed by atoms with Crippen molar-refractivity contribution >= 4 is 27.8 Å². The number of hydrogen-bond donors (Lipinski definition) is 3. The van der Waals surface area contributed by atoms with E-state index >= 15 is 0 Å². The molecule has 0 aliphatic rings. The Labute approximate surface area is 153 Å². The normalized spacial score (nSPS) is 12.6. The van der Waals surface area contributed by atoms with Crippen LogP contribution in [0.3, 0.4) is 0 Å². The van der Waals surface area contributed by atoms with Gasteiger partial charge in [-0.25, -0.2) is 4.99 Å². The highest BCUT2D eigenvalue weighted by molar-refractivity contribution is 9.10. The Morgan fingerprint density at radius 2 is 1.92 bits per heavy atom. The van der Waals surface area contributed by atoms with Gasteiger partial charge < -0.3 is 16.0 Å². The van der Waals surface area contributed by atoms with Crippen molar-refractivity contribution in [2.45, 2.75) is 33.6 Å². The van der Waals surface area contributed by atoms with E-state index in [2.05, 4.69) is 62.0 Å². The Morgan fingerprint density at radius 1 is 1.17 bits per heavy atom. The number of carbonyl (C=O) groups is 1. The maximum Gasteiger partial charge on any atom is 0.241 e. The minimum Gasteiger partial charge on any atom is -0.357 e. The molecule has 1 aromatic rings. The van der Waals surface area contributed by atoms with Gasteiger partial charge in [0, 0.05) is 24.1 Å².